The number of carbonyl (C=O) groups is 2. The van der Waals surface area contributed by atoms with Crippen molar-refractivity contribution in [2.24, 2.45) is 0 Å². The number of hydrogen-bond acceptors (Lipinski definition) is 2. The first-order valence-corrected chi connectivity index (χ1v) is 24.9. The molecule has 0 saturated heterocycles. The van der Waals surface area contributed by atoms with Crippen LogP contribution in [0.25, 0.3) is 0 Å². The third-order valence-electron chi connectivity index (χ3n) is 9.30. The fraction of sp³-hybridized carbons (Fsp3) is 0.885. The third-order valence-corrected chi connectivity index (χ3v) is 9.30. The van der Waals surface area contributed by atoms with Crippen LogP contribution in [0.4, 0.5) is 0 Å². The Hall–Kier alpha value is -0.0226. The Morgan fingerprint density at radius 2 is 0.458 bits per heavy atom. The molecule has 4 N–H and O–H groups in total. The quantitative estimate of drug-likeness (QED) is 0.0380. The molecule has 0 aliphatic rings. The van der Waals surface area contributed by atoms with Gasteiger partial charge in [0.25, 0.3) is 0 Å². The van der Waals surface area contributed by atoms with Crippen molar-refractivity contribution in [1.29, 1.82) is 0 Å². The van der Waals surface area contributed by atoms with E-state index in [0.717, 1.165) is 25.7 Å². The fourth-order valence-corrected chi connectivity index (χ4v) is 4.69. The second kappa shape index (κ2) is 89.0. The molecular formula is C52H110O5Sn2. The molecule has 0 rings (SSSR count). The van der Waals surface area contributed by atoms with E-state index >= 15 is 0 Å². The molecule has 0 aliphatic carbocycles. The van der Waals surface area contributed by atoms with Crippen LogP contribution in [0.3, 0.4) is 0 Å². The van der Waals surface area contributed by atoms with Gasteiger partial charge in [-0.1, -0.05) is 248 Å². The van der Waals surface area contributed by atoms with Gasteiger partial charge in [0, 0.05) is 60.7 Å². The van der Waals surface area contributed by atoms with Crippen LogP contribution in [0.5, 0.6) is 0 Å². The Bertz CT molecular complexity index is 627. The summed E-state index contributed by atoms with van der Waals surface area (Å²) in [5.41, 5.74) is 0. The summed E-state index contributed by atoms with van der Waals surface area (Å²) in [6.07, 6.45) is 53.0. The predicted octanol–water partition coefficient (Wildman–Crippen LogP) is 17.9. The number of carboxylic acid groups (broad SMARTS) is 2. The minimum Gasteiger partial charge on any atom is -0.481 e. The summed E-state index contributed by atoms with van der Waals surface area (Å²) in [5, 5.41) is 17.0. The molecule has 0 heterocycles. The molecule has 8 radical (unpaired) electrons. The van der Waals surface area contributed by atoms with Crippen molar-refractivity contribution in [3.8, 4) is 0 Å². The summed E-state index contributed by atoms with van der Waals surface area (Å²) in [5.74, 6) is -1.33. The smallest absolute Gasteiger partial charge is 0.303 e. The molecule has 0 amide bonds. The number of allylic oxidation sites excluding steroid dienone is 4. The molecule has 59 heavy (non-hydrogen) atoms. The maximum absolute atomic E-state index is 10.3. The van der Waals surface area contributed by atoms with E-state index in [1.807, 2.05) is 0 Å². The van der Waals surface area contributed by atoms with Crippen LogP contribution in [0.1, 0.15) is 300 Å². The Balaban J connectivity index is -0.0000000852. The first-order chi connectivity index (χ1) is 27.2. The third kappa shape index (κ3) is 126. The summed E-state index contributed by atoms with van der Waals surface area (Å²) < 4.78 is 0. The topological polar surface area (TPSA) is 106 Å². The molecular weight excluding hydrogens is 942 g/mol. The van der Waals surface area contributed by atoms with Gasteiger partial charge in [-0.05, 0) is 64.2 Å². The van der Waals surface area contributed by atoms with Crippen molar-refractivity contribution in [3.63, 3.8) is 0 Å². The van der Waals surface area contributed by atoms with Crippen LogP contribution < -0.4 is 0 Å². The van der Waals surface area contributed by atoms with Crippen LogP contribution in [0.15, 0.2) is 24.3 Å². The van der Waals surface area contributed by atoms with E-state index in [9.17, 15) is 9.59 Å². The number of unbranched alkanes of at least 4 members (excludes halogenated alkanes) is 26. The van der Waals surface area contributed by atoms with E-state index in [0.29, 0.717) is 12.8 Å². The summed E-state index contributed by atoms with van der Waals surface area (Å²) in [6, 6.07) is 0. The van der Waals surface area contributed by atoms with Crippen molar-refractivity contribution in [1.82, 2.24) is 0 Å². The zero-order valence-electron chi connectivity index (χ0n) is 42.0. The van der Waals surface area contributed by atoms with Crippen LogP contribution in [0, 0.1) is 0 Å². The van der Waals surface area contributed by atoms with Gasteiger partial charge in [-0.2, -0.15) is 0 Å². The standard InChI is InChI=1S/2C18H34O2.4C4H10.H2O.2Sn/c2*1-2-3-4-5-6-7-8-9-10-11-12-13-14-15-16-17-18(19)20;4*1-3-4-2;;;/h2*9-10H,2-8,11-17H2,1H3,(H,19,20);4*3-4H2,1-2H3;1H2;;/b2*10-9+;;;;;;;. The molecule has 0 fully saturated rings. The minimum absolute atomic E-state index is 0. The minimum atomic E-state index is -0.664. The molecule has 5 nitrogen and oxygen atoms in total. The van der Waals surface area contributed by atoms with Crippen molar-refractivity contribution in [2.45, 2.75) is 300 Å². The average Bonchev–Trinajstić information content (AvgIpc) is 3.21. The van der Waals surface area contributed by atoms with Crippen molar-refractivity contribution < 1.29 is 25.3 Å². The molecule has 356 valence electrons. The van der Waals surface area contributed by atoms with Crippen LogP contribution >= 0.6 is 0 Å². The monoisotopic (exact) mass is 1050 g/mol. The normalized spacial score (nSPS) is 9.66. The molecule has 0 aromatic heterocycles. The zero-order valence-corrected chi connectivity index (χ0v) is 47.7. The number of hydrogen-bond donors (Lipinski definition) is 2. The van der Waals surface area contributed by atoms with Crippen LogP contribution in [0.2, 0.25) is 0 Å². The van der Waals surface area contributed by atoms with Gasteiger partial charge in [-0.25, -0.2) is 0 Å². The molecule has 0 bridgehead atoms. The summed E-state index contributed by atoms with van der Waals surface area (Å²) in [4.78, 5) is 20.6. The largest absolute Gasteiger partial charge is 0.481 e. The molecule has 0 aromatic rings. The van der Waals surface area contributed by atoms with Crippen molar-refractivity contribution in [2.75, 3.05) is 0 Å². The van der Waals surface area contributed by atoms with Crippen molar-refractivity contribution >= 4 is 59.8 Å². The number of aliphatic carboxylic acids is 2. The Labute approximate surface area is 407 Å². The summed E-state index contributed by atoms with van der Waals surface area (Å²) in [6.45, 7) is 22.0. The Kier molecular flexibility index (Phi) is 120. The molecule has 7 heteroatoms. The summed E-state index contributed by atoms with van der Waals surface area (Å²) in [7, 11) is 0. The first kappa shape index (κ1) is 79.4. The zero-order chi connectivity index (χ0) is 43.4. The van der Waals surface area contributed by atoms with E-state index in [-0.39, 0.29) is 53.3 Å². The fourth-order valence-electron chi connectivity index (χ4n) is 4.69. The molecule has 0 saturated carbocycles. The Morgan fingerprint density at radius 3 is 0.627 bits per heavy atom. The van der Waals surface area contributed by atoms with E-state index in [1.54, 1.807) is 0 Å². The van der Waals surface area contributed by atoms with Crippen LogP contribution in [-0.4, -0.2) is 75.4 Å². The van der Waals surface area contributed by atoms with Gasteiger partial charge in [0.05, 0.1) is 0 Å². The second-order valence-electron chi connectivity index (χ2n) is 15.5. The first-order valence-electron chi connectivity index (χ1n) is 24.9. The van der Waals surface area contributed by atoms with E-state index in [1.165, 1.54) is 193 Å². The van der Waals surface area contributed by atoms with Gasteiger partial charge in [-0.3, -0.25) is 9.59 Å². The molecule has 0 aromatic carbocycles. The van der Waals surface area contributed by atoms with Crippen LogP contribution in [-0.2, 0) is 9.59 Å². The summed E-state index contributed by atoms with van der Waals surface area (Å²) >= 11 is 0. The average molecular weight is 1050 g/mol. The maximum Gasteiger partial charge on any atom is 0.303 e. The molecule has 0 aliphatic heterocycles. The molecule has 0 unspecified atom stereocenters. The SMILES string of the molecule is CCCC.CCCC.CCCC.CCCC.CCCCCCCC/C=C/CCCCCCCC(=O)O.CCCCCCCC/C=C/CCCCCCCC(=O)O.O.[Sn].[Sn]. The predicted molar refractivity (Wildman–Crippen MR) is 272 cm³/mol. The van der Waals surface area contributed by atoms with Crippen molar-refractivity contribution in [3.05, 3.63) is 24.3 Å². The van der Waals surface area contributed by atoms with Gasteiger partial charge >= 0.3 is 11.9 Å². The second-order valence-corrected chi connectivity index (χ2v) is 15.5. The van der Waals surface area contributed by atoms with E-state index in [2.05, 4.69) is 93.5 Å². The Morgan fingerprint density at radius 1 is 0.288 bits per heavy atom. The number of rotatable bonds is 34. The molecule has 0 atom stereocenters. The van der Waals surface area contributed by atoms with Gasteiger partial charge in [-0.15, -0.1) is 0 Å². The van der Waals surface area contributed by atoms with E-state index < -0.39 is 11.9 Å². The molecule has 0 spiro atoms. The van der Waals surface area contributed by atoms with E-state index in [4.69, 9.17) is 10.2 Å². The van der Waals surface area contributed by atoms with Gasteiger partial charge in [0.2, 0.25) is 0 Å². The van der Waals surface area contributed by atoms with Gasteiger partial charge in [0.15, 0.2) is 0 Å². The maximum atomic E-state index is 10.3. The number of carboxylic acids is 2. The van der Waals surface area contributed by atoms with Gasteiger partial charge in [0.1, 0.15) is 0 Å². The van der Waals surface area contributed by atoms with Gasteiger partial charge < -0.3 is 15.7 Å².